The molecule has 0 unspecified atom stereocenters. The lowest BCUT2D eigenvalue weighted by atomic mass is 10.1. The van der Waals surface area contributed by atoms with Crippen LogP contribution >= 0.6 is 15.9 Å². The summed E-state index contributed by atoms with van der Waals surface area (Å²) in [4.78, 5) is 10.5. The molecule has 0 aliphatic heterocycles. The fraction of sp³-hybridized carbons (Fsp3) is 0.0667. The number of hydrogen-bond acceptors (Lipinski definition) is 4. The number of nitrogens with one attached hydrogen (secondary N) is 1. The van der Waals surface area contributed by atoms with Gasteiger partial charge in [0.25, 0.3) is 0 Å². The molecular formula is C15H15BrN2O3. The van der Waals surface area contributed by atoms with Gasteiger partial charge >= 0.3 is 0 Å². The maximum absolute atomic E-state index is 10.5. The average Bonchev–Trinajstić information content (AvgIpc) is 2.42. The third kappa shape index (κ3) is 4.92. The Hall–Kier alpha value is -2.34. The Kier molecular flexibility index (Phi) is 5.92. The van der Waals surface area contributed by atoms with Crippen LogP contribution in [0, 0.1) is 5.41 Å². The number of rotatable bonds is 2. The lowest BCUT2D eigenvalue weighted by Gasteiger charge is -2.02. The van der Waals surface area contributed by atoms with Crippen LogP contribution in [0.2, 0.25) is 0 Å². The summed E-state index contributed by atoms with van der Waals surface area (Å²) >= 11 is 3.24. The quantitative estimate of drug-likeness (QED) is 0.493. The highest BCUT2D eigenvalue weighted by Crippen LogP contribution is 2.28. The maximum atomic E-state index is 10.5. The largest absolute Gasteiger partial charge is 0.504 e. The topological polar surface area (TPSA) is 107 Å². The third-order valence-electron chi connectivity index (χ3n) is 2.55. The van der Waals surface area contributed by atoms with Gasteiger partial charge in [-0.05, 0) is 43.3 Å². The number of nitrogens with two attached hydrogens (primary N) is 1. The van der Waals surface area contributed by atoms with Crippen molar-refractivity contribution in [1.82, 2.24) is 0 Å². The number of hydrogen-bond donors (Lipinski definition) is 4. The number of halogens is 1. The second-order valence-electron chi connectivity index (χ2n) is 4.17. The molecule has 21 heavy (non-hydrogen) atoms. The van der Waals surface area contributed by atoms with E-state index in [0.29, 0.717) is 11.1 Å². The highest BCUT2D eigenvalue weighted by Gasteiger charge is 2.05. The molecule has 0 aliphatic carbocycles. The molecule has 6 heteroatoms. The molecule has 0 spiro atoms. The molecule has 0 radical (unpaired) electrons. The van der Waals surface area contributed by atoms with Crippen molar-refractivity contribution in [3.8, 4) is 11.5 Å². The lowest BCUT2D eigenvalue weighted by Crippen LogP contribution is -2.10. The van der Waals surface area contributed by atoms with Gasteiger partial charge < -0.3 is 21.4 Å². The predicted octanol–water partition coefficient (Wildman–Crippen LogP) is 3.03. The highest BCUT2D eigenvalue weighted by molar-refractivity contribution is 9.10. The molecule has 0 saturated heterocycles. The predicted molar refractivity (Wildman–Crippen MR) is 84.9 cm³/mol. The molecule has 2 aromatic carbocycles. The maximum Gasteiger partial charge on any atom is 0.248 e. The Morgan fingerprint density at radius 3 is 2.14 bits per heavy atom. The fourth-order valence-electron chi connectivity index (χ4n) is 1.45. The van der Waals surface area contributed by atoms with Gasteiger partial charge in [-0.15, -0.1) is 0 Å². The van der Waals surface area contributed by atoms with Gasteiger partial charge in [0, 0.05) is 21.3 Å². The normalized spacial score (nSPS) is 9.43. The first-order valence-corrected chi connectivity index (χ1v) is 6.74. The van der Waals surface area contributed by atoms with Crippen molar-refractivity contribution in [1.29, 1.82) is 5.41 Å². The van der Waals surface area contributed by atoms with Crippen molar-refractivity contribution >= 4 is 27.5 Å². The summed E-state index contributed by atoms with van der Waals surface area (Å²) < 4.78 is 0.942. The molecular weight excluding hydrogens is 336 g/mol. The van der Waals surface area contributed by atoms with Gasteiger partial charge in [0.05, 0.1) is 0 Å². The third-order valence-corrected chi connectivity index (χ3v) is 3.08. The summed E-state index contributed by atoms with van der Waals surface area (Å²) in [6.45, 7) is 1.55. The van der Waals surface area contributed by atoms with Crippen LogP contribution < -0.4 is 5.73 Å². The molecule has 110 valence electrons. The minimum absolute atomic E-state index is 0.186. The van der Waals surface area contributed by atoms with Crippen molar-refractivity contribution in [2.45, 2.75) is 6.92 Å². The van der Waals surface area contributed by atoms with Gasteiger partial charge in [0.1, 0.15) is 0 Å². The molecule has 1 amide bonds. The number of para-hydroxylation sites is 1. The monoisotopic (exact) mass is 350 g/mol. The van der Waals surface area contributed by atoms with E-state index in [0.717, 1.165) is 4.47 Å². The summed E-state index contributed by atoms with van der Waals surface area (Å²) in [5.74, 6) is -0.804. The molecule has 0 bridgehead atoms. The van der Waals surface area contributed by atoms with Crippen LogP contribution in [0.5, 0.6) is 11.5 Å². The zero-order valence-electron chi connectivity index (χ0n) is 11.3. The van der Waals surface area contributed by atoms with Crippen molar-refractivity contribution < 1.29 is 15.0 Å². The first-order valence-electron chi connectivity index (χ1n) is 5.94. The van der Waals surface area contributed by atoms with Crippen LogP contribution in [-0.4, -0.2) is 21.8 Å². The SMILES string of the molecule is CC(=N)c1cccc(O)c1O.NC(=O)c1ccc(Br)cc1. The molecule has 0 aromatic heterocycles. The Labute approximate surface area is 130 Å². The van der Waals surface area contributed by atoms with E-state index in [1.54, 1.807) is 43.3 Å². The van der Waals surface area contributed by atoms with E-state index in [4.69, 9.17) is 16.2 Å². The van der Waals surface area contributed by atoms with Gasteiger partial charge in [-0.2, -0.15) is 0 Å². The number of carbonyl (C=O) groups is 1. The first-order chi connectivity index (χ1) is 9.82. The minimum atomic E-state index is -0.396. The summed E-state index contributed by atoms with van der Waals surface area (Å²) in [7, 11) is 0. The lowest BCUT2D eigenvalue weighted by molar-refractivity contribution is 0.100. The van der Waals surface area contributed by atoms with Crippen LogP contribution in [0.15, 0.2) is 46.9 Å². The van der Waals surface area contributed by atoms with Crippen LogP contribution in [-0.2, 0) is 0 Å². The number of benzene rings is 2. The van der Waals surface area contributed by atoms with Gasteiger partial charge in [-0.3, -0.25) is 4.79 Å². The minimum Gasteiger partial charge on any atom is -0.504 e. The van der Waals surface area contributed by atoms with Gasteiger partial charge in [0.2, 0.25) is 5.91 Å². The number of phenolic OH excluding ortho intramolecular Hbond substituents is 2. The first kappa shape index (κ1) is 16.7. The standard InChI is InChI=1S/C8H9NO2.C7H6BrNO/c1-5(9)6-3-2-4-7(10)8(6)11;8-6-3-1-5(2-4-6)7(9)10/h2-4,9-11H,1H3;1-4H,(H2,9,10). The highest BCUT2D eigenvalue weighted by atomic mass is 79.9. The van der Waals surface area contributed by atoms with Crippen molar-refractivity contribution in [3.63, 3.8) is 0 Å². The zero-order chi connectivity index (χ0) is 16.0. The second kappa shape index (κ2) is 7.44. The smallest absolute Gasteiger partial charge is 0.248 e. The zero-order valence-corrected chi connectivity index (χ0v) is 12.9. The average molecular weight is 351 g/mol. The Bertz CT molecular complexity index is 654. The van der Waals surface area contributed by atoms with E-state index in [2.05, 4.69) is 15.9 Å². The molecule has 0 atom stereocenters. The second-order valence-corrected chi connectivity index (χ2v) is 5.09. The van der Waals surface area contributed by atoms with Crippen molar-refractivity contribution in [3.05, 3.63) is 58.1 Å². The summed E-state index contributed by atoms with van der Waals surface area (Å²) in [5.41, 5.74) is 6.14. The molecule has 0 saturated carbocycles. The summed E-state index contributed by atoms with van der Waals surface area (Å²) in [6, 6.07) is 11.4. The number of aromatic hydroxyl groups is 2. The van der Waals surface area contributed by atoms with Gasteiger partial charge in [0.15, 0.2) is 11.5 Å². The number of carbonyl (C=O) groups excluding carboxylic acids is 1. The molecule has 2 rings (SSSR count). The van der Waals surface area contributed by atoms with E-state index in [9.17, 15) is 9.90 Å². The Morgan fingerprint density at radius 1 is 1.14 bits per heavy atom. The molecule has 5 N–H and O–H groups in total. The fourth-order valence-corrected chi connectivity index (χ4v) is 1.71. The van der Waals surface area contributed by atoms with E-state index >= 15 is 0 Å². The molecule has 0 aliphatic rings. The number of amides is 1. The summed E-state index contributed by atoms with van der Waals surface area (Å²) in [6.07, 6.45) is 0. The Morgan fingerprint density at radius 2 is 1.71 bits per heavy atom. The van der Waals surface area contributed by atoms with Gasteiger partial charge in [-0.25, -0.2) is 0 Å². The van der Waals surface area contributed by atoms with E-state index in [1.807, 2.05) is 0 Å². The molecule has 0 fully saturated rings. The van der Waals surface area contributed by atoms with Crippen LogP contribution in [0.25, 0.3) is 0 Å². The van der Waals surface area contributed by atoms with Crippen LogP contribution in [0.4, 0.5) is 0 Å². The number of primary amides is 1. The van der Waals surface area contributed by atoms with E-state index < -0.39 is 5.91 Å². The molecule has 0 heterocycles. The molecule has 5 nitrogen and oxygen atoms in total. The molecule has 2 aromatic rings. The van der Waals surface area contributed by atoms with Crippen molar-refractivity contribution in [2.24, 2.45) is 5.73 Å². The summed E-state index contributed by atoms with van der Waals surface area (Å²) in [5, 5.41) is 25.4. The van der Waals surface area contributed by atoms with E-state index in [1.165, 1.54) is 6.07 Å². The van der Waals surface area contributed by atoms with Gasteiger partial charge in [-0.1, -0.05) is 22.0 Å². The van der Waals surface area contributed by atoms with E-state index in [-0.39, 0.29) is 17.2 Å². The van der Waals surface area contributed by atoms with Crippen LogP contribution in [0.3, 0.4) is 0 Å². The number of phenols is 2. The van der Waals surface area contributed by atoms with Crippen LogP contribution in [0.1, 0.15) is 22.8 Å². The van der Waals surface area contributed by atoms with Crippen molar-refractivity contribution in [2.75, 3.05) is 0 Å². The Balaban J connectivity index is 0.000000211.